The fourth-order valence-corrected chi connectivity index (χ4v) is 2.12. The lowest BCUT2D eigenvalue weighted by Crippen LogP contribution is -1.83. The van der Waals surface area contributed by atoms with E-state index < -0.39 is 0 Å². The molecule has 2 heteroatoms. The number of carbonyl (C=O) groups excluding carboxylic acids is 1. The summed E-state index contributed by atoms with van der Waals surface area (Å²) < 4.78 is 0. The van der Waals surface area contributed by atoms with Crippen molar-refractivity contribution in [1.82, 2.24) is 4.98 Å². The average Bonchev–Trinajstić information content (AvgIpc) is 2.78. The molecule has 17 heavy (non-hydrogen) atoms. The van der Waals surface area contributed by atoms with Crippen LogP contribution in [0, 0.1) is 0 Å². The molecule has 1 aromatic heterocycles. The molecule has 0 atom stereocenters. The highest BCUT2D eigenvalue weighted by molar-refractivity contribution is 6.04. The van der Waals surface area contributed by atoms with E-state index in [1.807, 2.05) is 54.6 Å². The lowest BCUT2D eigenvalue weighted by molar-refractivity contribution is 0.112. The van der Waals surface area contributed by atoms with Gasteiger partial charge in [-0.05, 0) is 11.6 Å². The average molecular weight is 221 g/mol. The first-order valence-corrected chi connectivity index (χ1v) is 5.51. The topological polar surface area (TPSA) is 32.9 Å². The number of fused-ring (bicyclic) bond motifs is 1. The maximum atomic E-state index is 11.3. The van der Waals surface area contributed by atoms with Gasteiger partial charge in [0.2, 0.25) is 0 Å². The summed E-state index contributed by atoms with van der Waals surface area (Å²) in [4.78, 5) is 14.6. The van der Waals surface area contributed by atoms with E-state index in [0.29, 0.717) is 0 Å². The zero-order valence-electron chi connectivity index (χ0n) is 9.18. The van der Waals surface area contributed by atoms with Gasteiger partial charge < -0.3 is 4.98 Å². The number of nitrogens with one attached hydrogen (secondary N) is 1. The lowest BCUT2D eigenvalue weighted by atomic mass is 10.1. The molecular formula is C15H11NO. The highest BCUT2D eigenvalue weighted by atomic mass is 16.1. The van der Waals surface area contributed by atoms with Gasteiger partial charge in [0, 0.05) is 16.5 Å². The molecule has 1 heterocycles. The molecule has 0 fully saturated rings. The first kappa shape index (κ1) is 9.85. The predicted octanol–water partition coefficient (Wildman–Crippen LogP) is 3.65. The van der Waals surface area contributed by atoms with Crippen LogP contribution in [0.3, 0.4) is 0 Å². The zero-order chi connectivity index (χ0) is 11.7. The van der Waals surface area contributed by atoms with Gasteiger partial charge in [-0.25, -0.2) is 0 Å². The Morgan fingerprint density at radius 2 is 1.59 bits per heavy atom. The van der Waals surface area contributed by atoms with E-state index in [4.69, 9.17) is 0 Å². The molecule has 0 bridgehead atoms. The summed E-state index contributed by atoms with van der Waals surface area (Å²) >= 11 is 0. The van der Waals surface area contributed by atoms with Crippen molar-refractivity contribution < 1.29 is 4.79 Å². The Bertz CT molecular complexity index is 668. The Hall–Kier alpha value is -2.35. The fourth-order valence-electron chi connectivity index (χ4n) is 2.12. The number of hydrogen-bond acceptors (Lipinski definition) is 1. The number of H-pyrrole nitrogens is 1. The van der Waals surface area contributed by atoms with Gasteiger partial charge in [0.05, 0.1) is 5.69 Å². The van der Waals surface area contributed by atoms with Crippen LogP contribution in [0.4, 0.5) is 0 Å². The summed E-state index contributed by atoms with van der Waals surface area (Å²) in [6, 6.07) is 17.7. The Labute approximate surface area is 98.9 Å². The molecule has 0 saturated heterocycles. The quantitative estimate of drug-likeness (QED) is 0.658. The number of aromatic amines is 1. The van der Waals surface area contributed by atoms with Crippen LogP contribution in [0.15, 0.2) is 54.6 Å². The minimum absolute atomic E-state index is 0.729. The van der Waals surface area contributed by atoms with Crippen LogP contribution in [0.5, 0.6) is 0 Å². The smallest absolute Gasteiger partial charge is 0.152 e. The summed E-state index contributed by atoms with van der Waals surface area (Å²) in [5.74, 6) is 0. The zero-order valence-corrected chi connectivity index (χ0v) is 9.18. The van der Waals surface area contributed by atoms with Gasteiger partial charge in [-0.1, -0.05) is 48.5 Å². The van der Waals surface area contributed by atoms with Crippen molar-refractivity contribution in [3.8, 4) is 11.3 Å². The van der Waals surface area contributed by atoms with Crippen molar-refractivity contribution in [3.05, 3.63) is 60.2 Å². The number of benzene rings is 2. The highest BCUT2D eigenvalue weighted by Gasteiger charge is 2.11. The first-order chi connectivity index (χ1) is 8.40. The van der Waals surface area contributed by atoms with Crippen LogP contribution in [-0.4, -0.2) is 11.3 Å². The number of carbonyl (C=O) groups is 1. The second-order valence-corrected chi connectivity index (χ2v) is 3.94. The van der Waals surface area contributed by atoms with Gasteiger partial charge in [0.15, 0.2) is 6.29 Å². The van der Waals surface area contributed by atoms with E-state index in [1.54, 1.807) is 0 Å². The van der Waals surface area contributed by atoms with Gasteiger partial charge >= 0.3 is 0 Å². The van der Waals surface area contributed by atoms with Crippen LogP contribution in [0.1, 0.15) is 10.4 Å². The molecule has 0 aliphatic carbocycles. The molecule has 1 N–H and O–H groups in total. The summed E-state index contributed by atoms with van der Waals surface area (Å²) in [5, 5.41) is 0.973. The summed E-state index contributed by atoms with van der Waals surface area (Å²) in [6.45, 7) is 0. The van der Waals surface area contributed by atoms with Crippen LogP contribution in [0.2, 0.25) is 0 Å². The summed E-state index contributed by atoms with van der Waals surface area (Å²) in [6.07, 6.45) is 0.918. The number of hydrogen-bond donors (Lipinski definition) is 1. The molecule has 2 nitrogen and oxygen atoms in total. The van der Waals surface area contributed by atoms with Crippen molar-refractivity contribution >= 4 is 17.2 Å². The van der Waals surface area contributed by atoms with E-state index >= 15 is 0 Å². The second-order valence-electron chi connectivity index (χ2n) is 3.94. The molecule has 0 aliphatic rings. The third-order valence-corrected chi connectivity index (χ3v) is 2.93. The minimum Gasteiger partial charge on any atom is -0.354 e. The van der Waals surface area contributed by atoms with Gasteiger partial charge in [-0.2, -0.15) is 0 Å². The van der Waals surface area contributed by atoms with Crippen LogP contribution in [0.25, 0.3) is 22.2 Å². The standard InChI is InChI=1S/C15H11NO/c17-10-13-12-8-4-5-9-14(12)16-15(13)11-6-2-1-3-7-11/h1-10,16H. The van der Waals surface area contributed by atoms with E-state index in [-0.39, 0.29) is 0 Å². The van der Waals surface area contributed by atoms with Gasteiger partial charge in [0.1, 0.15) is 0 Å². The largest absolute Gasteiger partial charge is 0.354 e. The molecule has 0 aliphatic heterocycles. The van der Waals surface area contributed by atoms with Crippen molar-refractivity contribution in [3.63, 3.8) is 0 Å². The molecule has 0 unspecified atom stereocenters. The van der Waals surface area contributed by atoms with Gasteiger partial charge in [-0.3, -0.25) is 4.79 Å². The Morgan fingerprint density at radius 1 is 0.882 bits per heavy atom. The van der Waals surface area contributed by atoms with Crippen molar-refractivity contribution in [1.29, 1.82) is 0 Å². The first-order valence-electron chi connectivity index (χ1n) is 5.51. The second kappa shape index (κ2) is 3.91. The molecule has 0 saturated carbocycles. The normalized spacial score (nSPS) is 10.6. The third kappa shape index (κ3) is 1.54. The Kier molecular flexibility index (Phi) is 2.26. The molecule has 0 amide bonds. The lowest BCUT2D eigenvalue weighted by Gasteiger charge is -1.98. The molecule has 0 spiro atoms. The third-order valence-electron chi connectivity index (χ3n) is 2.93. The van der Waals surface area contributed by atoms with E-state index in [0.717, 1.165) is 34.0 Å². The molecule has 3 rings (SSSR count). The van der Waals surface area contributed by atoms with Crippen molar-refractivity contribution in [2.24, 2.45) is 0 Å². The maximum Gasteiger partial charge on any atom is 0.152 e. The number of aldehydes is 1. The van der Waals surface area contributed by atoms with Crippen molar-refractivity contribution in [2.75, 3.05) is 0 Å². The van der Waals surface area contributed by atoms with Crippen molar-refractivity contribution in [2.45, 2.75) is 0 Å². The molecular weight excluding hydrogens is 210 g/mol. The fraction of sp³-hybridized carbons (Fsp3) is 0. The maximum absolute atomic E-state index is 11.3. The molecule has 0 radical (unpaired) electrons. The number of aromatic nitrogens is 1. The molecule has 2 aromatic carbocycles. The molecule has 3 aromatic rings. The van der Waals surface area contributed by atoms with Gasteiger partial charge in [-0.15, -0.1) is 0 Å². The Morgan fingerprint density at radius 3 is 2.35 bits per heavy atom. The highest BCUT2D eigenvalue weighted by Crippen LogP contribution is 2.28. The Balaban J connectivity index is 2.33. The number of para-hydroxylation sites is 1. The predicted molar refractivity (Wildman–Crippen MR) is 69.1 cm³/mol. The van der Waals surface area contributed by atoms with E-state index in [9.17, 15) is 4.79 Å². The minimum atomic E-state index is 0.729. The summed E-state index contributed by atoms with van der Waals surface area (Å²) in [7, 11) is 0. The van der Waals surface area contributed by atoms with Crippen LogP contribution < -0.4 is 0 Å². The summed E-state index contributed by atoms with van der Waals surface area (Å²) in [5.41, 5.74) is 3.65. The van der Waals surface area contributed by atoms with Crippen LogP contribution in [-0.2, 0) is 0 Å². The SMILES string of the molecule is O=Cc1c(-c2ccccc2)[nH]c2ccccc12. The number of rotatable bonds is 2. The van der Waals surface area contributed by atoms with E-state index in [1.165, 1.54) is 0 Å². The van der Waals surface area contributed by atoms with E-state index in [2.05, 4.69) is 4.98 Å². The monoisotopic (exact) mass is 221 g/mol. The van der Waals surface area contributed by atoms with Crippen LogP contribution >= 0.6 is 0 Å². The van der Waals surface area contributed by atoms with Gasteiger partial charge in [0.25, 0.3) is 0 Å². The molecule has 82 valence electrons.